The molecule has 0 heterocycles. The molecule has 0 aliphatic heterocycles. The number of hydrogen-bond donors (Lipinski definition) is 2. The van der Waals surface area contributed by atoms with Gasteiger partial charge in [-0.15, -0.1) is 0 Å². The molecule has 0 aliphatic rings. The molecule has 0 unspecified atom stereocenters. The minimum Gasteiger partial charge on any atom is -0.497 e. The van der Waals surface area contributed by atoms with Gasteiger partial charge in [0.25, 0.3) is 5.91 Å². The van der Waals surface area contributed by atoms with Gasteiger partial charge in [0.2, 0.25) is 5.91 Å². The van der Waals surface area contributed by atoms with Crippen molar-refractivity contribution in [1.82, 2.24) is 10.2 Å². The van der Waals surface area contributed by atoms with Crippen LogP contribution in [0, 0.1) is 0 Å². The van der Waals surface area contributed by atoms with E-state index >= 15 is 0 Å². The van der Waals surface area contributed by atoms with Crippen molar-refractivity contribution in [3.05, 3.63) is 23.8 Å². The number of nitrogens with two attached hydrogens (primary N) is 1. The quantitative estimate of drug-likeness (QED) is 0.759. The van der Waals surface area contributed by atoms with Crippen molar-refractivity contribution in [2.45, 2.75) is 6.42 Å². The molecule has 0 bridgehead atoms. The summed E-state index contributed by atoms with van der Waals surface area (Å²) in [6.07, 6.45) is 0.262. The highest BCUT2D eigenvalue weighted by atomic mass is 16.5. The molecule has 6 heteroatoms. The van der Waals surface area contributed by atoms with Gasteiger partial charge < -0.3 is 20.7 Å². The number of methoxy groups -OCH3 is 1. The lowest BCUT2D eigenvalue weighted by molar-refractivity contribution is -0.128. The van der Waals surface area contributed by atoms with Crippen LogP contribution in [-0.2, 0) is 4.79 Å². The summed E-state index contributed by atoms with van der Waals surface area (Å²) in [5, 5.41) is 2.67. The fraction of sp³-hybridized carbons (Fsp3) is 0.385. The van der Waals surface area contributed by atoms with Crippen molar-refractivity contribution < 1.29 is 14.3 Å². The van der Waals surface area contributed by atoms with Crippen molar-refractivity contribution in [1.29, 1.82) is 0 Å². The first kappa shape index (κ1) is 14.8. The van der Waals surface area contributed by atoms with E-state index < -0.39 is 0 Å². The maximum Gasteiger partial charge on any atom is 0.251 e. The second-order valence-corrected chi connectivity index (χ2v) is 4.29. The summed E-state index contributed by atoms with van der Waals surface area (Å²) in [5.41, 5.74) is 6.53. The maximum absolute atomic E-state index is 11.9. The zero-order valence-electron chi connectivity index (χ0n) is 11.4. The van der Waals surface area contributed by atoms with Gasteiger partial charge in [-0.2, -0.15) is 0 Å². The van der Waals surface area contributed by atoms with Crippen LogP contribution in [0.1, 0.15) is 16.8 Å². The minimum atomic E-state index is -0.280. The van der Waals surface area contributed by atoms with E-state index in [1.807, 2.05) is 0 Å². The van der Waals surface area contributed by atoms with Crippen LogP contribution >= 0.6 is 0 Å². The van der Waals surface area contributed by atoms with E-state index in [1.165, 1.54) is 12.0 Å². The molecule has 0 saturated carbocycles. The maximum atomic E-state index is 11.9. The van der Waals surface area contributed by atoms with Crippen LogP contribution in [0.15, 0.2) is 18.2 Å². The highest BCUT2D eigenvalue weighted by Crippen LogP contribution is 2.18. The van der Waals surface area contributed by atoms with Gasteiger partial charge in [-0.3, -0.25) is 9.59 Å². The third-order valence-electron chi connectivity index (χ3n) is 2.55. The summed E-state index contributed by atoms with van der Waals surface area (Å²) in [6, 6.07) is 4.79. The molecule has 0 atom stereocenters. The van der Waals surface area contributed by atoms with E-state index in [2.05, 4.69) is 5.32 Å². The van der Waals surface area contributed by atoms with Gasteiger partial charge in [0.1, 0.15) is 5.75 Å². The van der Waals surface area contributed by atoms with Crippen molar-refractivity contribution in [3.8, 4) is 5.75 Å². The molecule has 0 spiro atoms. The number of rotatable bonds is 5. The highest BCUT2D eigenvalue weighted by molar-refractivity contribution is 5.95. The lowest BCUT2D eigenvalue weighted by atomic mass is 10.1. The molecule has 6 nitrogen and oxygen atoms in total. The Balaban J connectivity index is 2.59. The van der Waals surface area contributed by atoms with Crippen LogP contribution < -0.4 is 15.8 Å². The van der Waals surface area contributed by atoms with Gasteiger partial charge in [-0.1, -0.05) is 0 Å². The average molecular weight is 265 g/mol. The Morgan fingerprint density at radius 1 is 1.32 bits per heavy atom. The van der Waals surface area contributed by atoms with Crippen LogP contribution in [0.25, 0.3) is 0 Å². The number of nitrogen functional groups attached to an aromatic ring is 1. The summed E-state index contributed by atoms with van der Waals surface area (Å²) in [4.78, 5) is 24.7. The third kappa shape index (κ3) is 4.50. The fourth-order valence-electron chi connectivity index (χ4n) is 1.48. The number of carbonyl (C=O) groups is 2. The van der Waals surface area contributed by atoms with E-state index in [0.29, 0.717) is 17.0 Å². The second-order valence-electron chi connectivity index (χ2n) is 4.29. The smallest absolute Gasteiger partial charge is 0.251 e. The summed E-state index contributed by atoms with van der Waals surface area (Å²) < 4.78 is 5.04. The molecule has 0 radical (unpaired) electrons. The molecule has 2 amide bonds. The van der Waals surface area contributed by atoms with E-state index in [-0.39, 0.29) is 24.8 Å². The van der Waals surface area contributed by atoms with Gasteiger partial charge in [-0.25, -0.2) is 0 Å². The average Bonchev–Trinajstić information content (AvgIpc) is 2.37. The number of amides is 2. The molecule has 0 fully saturated rings. The molecule has 0 saturated heterocycles. The number of benzene rings is 1. The third-order valence-corrected chi connectivity index (χ3v) is 2.55. The molecule has 0 aromatic heterocycles. The first-order chi connectivity index (χ1) is 8.93. The molecule has 0 aliphatic carbocycles. The largest absolute Gasteiger partial charge is 0.497 e. The van der Waals surface area contributed by atoms with Crippen LogP contribution in [0.5, 0.6) is 5.75 Å². The number of nitrogens with zero attached hydrogens (tertiary/aromatic N) is 1. The number of hydrogen-bond acceptors (Lipinski definition) is 4. The molecule has 19 heavy (non-hydrogen) atoms. The second kappa shape index (κ2) is 6.63. The lowest BCUT2D eigenvalue weighted by Crippen LogP contribution is -2.30. The normalized spacial score (nSPS) is 9.84. The Labute approximate surface area is 112 Å². The van der Waals surface area contributed by atoms with Crippen molar-refractivity contribution in [2.24, 2.45) is 0 Å². The molecular formula is C13H19N3O3. The Morgan fingerprint density at radius 3 is 2.58 bits per heavy atom. The van der Waals surface area contributed by atoms with E-state index in [0.717, 1.165) is 0 Å². The predicted molar refractivity (Wildman–Crippen MR) is 73.1 cm³/mol. The lowest BCUT2D eigenvalue weighted by Gasteiger charge is -2.11. The molecule has 1 aromatic rings. The van der Waals surface area contributed by atoms with E-state index in [1.54, 1.807) is 32.3 Å². The topological polar surface area (TPSA) is 84.7 Å². The van der Waals surface area contributed by atoms with E-state index in [4.69, 9.17) is 10.5 Å². The standard InChI is InChI=1S/C13H19N3O3/c1-16(2)12(17)4-5-15-13(18)9-6-10(14)8-11(7-9)19-3/h6-8H,4-5,14H2,1-3H3,(H,15,18). The molecular weight excluding hydrogens is 246 g/mol. The number of anilines is 1. The monoisotopic (exact) mass is 265 g/mol. The summed E-state index contributed by atoms with van der Waals surface area (Å²) in [6.45, 7) is 0.285. The molecule has 3 N–H and O–H groups in total. The number of nitrogens with one attached hydrogen (secondary N) is 1. The zero-order valence-corrected chi connectivity index (χ0v) is 11.4. The number of carbonyl (C=O) groups excluding carboxylic acids is 2. The Morgan fingerprint density at radius 2 is 2.00 bits per heavy atom. The Hall–Kier alpha value is -2.24. The van der Waals surface area contributed by atoms with Gasteiger partial charge in [0, 0.05) is 44.4 Å². The molecule has 1 aromatic carbocycles. The van der Waals surface area contributed by atoms with Crippen LogP contribution in [0.2, 0.25) is 0 Å². The van der Waals surface area contributed by atoms with Crippen molar-refractivity contribution >= 4 is 17.5 Å². The highest BCUT2D eigenvalue weighted by Gasteiger charge is 2.09. The Kier molecular flexibility index (Phi) is 5.17. The van der Waals surface area contributed by atoms with Gasteiger partial charge >= 0.3 is 0 Å². The minimum absolute atomic E-state index is 0.0366. The summed E-state index contributed by atoms with van der Waals surface area (Å²) in [5.74, 6) is 0.206. The molecule has 104 valence electrons. The number of ether oxygens (including phenoxy) is 1. The van der Waals surface area contributed by atoms with Gasteiger partial charge in [0.15, 0.2) is 0 Å². The SMILES string of the molecule is COc1cc(N)cc(C(=O)NCCC(=O)N(C)C)c1. The van der Waals surface area contributed by atoms with Crippen LogP contribution in [0.3, 0.4) is 0 Å². The first-order valence-corrected chi connectivity index (χ1v) is 5.87. The first-order valence-electron chi connectivity index (χ1n) is 5.87. The van der Waals surface area contributed by atoms with Crippen molar-refractivity contribution in [3.63, 3.8) is 0 Å². The van der Waals surface area contributed by atoms with Gasteiger partial charge in [0.05, 0.1) is 7.11 Å². The fourth-order valence-corrected chi connectivity index (χ4v) is 1.48. The summed E-state index contributed by atoms with van der Waals surface area (Å²) in [7, 11) is 4.85. The van der Waals surface area contributed by atoms with E-state index in [9.17, 15) is 9.59 Å². The summed E-state index contributed by atoms with van der Waals surface area (Å²) >= 11 is 0. The van der Waals surface area contributed by atoms with Gasteiger partial charge in [-0.05, 0) is 12.1 Å². The van der Waals surface area contributed by atoms with Crippen LogP contribution in [0.4, 0.5) is 5.69 Å². The van der Waals surface area contributed by atoms with Crippen LogP contribution in [-0.4, -0.2) is 44.5 Å². The molecule has 1 rings (SSSR count). The van der Waals surface area contributed by atoms with Crippen molar-refractivity contribution in [2.75, 3.05) is 33.5 Å². The zero-order chi connectivity index (χ0) is 14.4. The predicted octanol–water partition coefficient (Wildman–Crippen LogP) is 0.486. The Bertz CT molecular complexity index is 472.